The number of hydrogen-bond donors (Lipinski definition) is 0. The maximum absolute atomic E-state index is 14.5. The van der Waals surface area contributed by atoms with Crippen molar-refractivity contribution in [3.8, 4) is 0 Å². The second-order valence-electron chi connectivity index (χ2n) is 7.28. The number of rotatable bonds is 11. The van der Waals surface area contributed by atoms with Crippen LogP contribution in [0.15, 0.2) is 0 Å². The fourth-order valence-electron chi connectivity index (χ4n) is 1.90. The lowest BCUT2D eigenvalue weighted by Crippen LogP contribution is -2.80. The van der Waals surface area contributed by atoms with Gasteiger partial charge < -0.3 is 13.3 Å². The molecule has 0 unspecified atom stereocenters. The van der Waals surface area contributed by atoms with Crippen molar-refractivity contribution in [3.05, 3.63) is 0 Å². The topological polar surface area (TPSA) is 27.7 Å². The highest BCUT2D eigenvalue weighted by atomic mass is 28.4. The largest absolute Gasteiger partial charge is 0.595 e. The van der Waals surface area contributed by atoms with E-state index in [0.29, 0.717) is 0 Å². The predicted octanol–water partition coefficient (Wildman–Crippen LogP) is 8.72. The van der Waals surface area contributed by atoms with E-state index in [1.807, 2.05) is 0 Å². The monoisotopic (exact) mass is 752 g/mol. The van der Waals surface area contributed by atoms with Crippen LogP contribution in [-0.4, -0.2) is 81.1 Å². The molecule has 0 rings (SSSR count). The molecule has 0 spiro atoms. The van der Waals surface area contributed by atoms with Gasteiger partial charge in [-0.15, -0.1) is 0 Å². The molecule has 0 aromatic rings. The minimum atomic E-state index is -11.5. The lowest BCUT2D eigenvalue weighted by atomic mass is 9.98. The summed E-state index contributed by atoms with van der Waals surface area (Å²) in [5.74, 6) is -37.6. The molecule has 0 fully saturated rings. The highest BCUT2D eigenvalue weighted by Crippen LogP contribution is 2.63. The first-order chi connectivity index (χ1) is 18.4. The second-order valence-corrected chi connectivity index (χ2v) is 9.63. The Hall–Kier alpha value is -1.86. The Kier molecular flexibility index (Phi) is 10.1. The minimum Gasteiger partial charge on any atom is -0.302 e. The molecule has 0 atom stereocenters. The van der Waals surface area contributed by atoms with Crippen LogP contribution in [0.3, 0.4) is 0 Å². The van der Waals surface area contributed by atoms with E-state index in [4.69, 9.17) is 0 Å². The molecule has 0 N–H and O–H groups in total. The summed E-state index contributed by atoms with van der Waals surface area (Å²) in [4.78, 5) is 0. The molecule has 0 aliphatic carbocycles. The Morgan fingerprint density at radius 1 is 0.250 bits per heavy atom. The Bertz CT molecular complexity index is 944. The molecule has 0 amide bonds. The van der Waals surface area contributed by atoms with E-state index in [0.717, 1.165) is 13.3 Å². The molecule has 266 valence electrons. The average molecular weight is 752 g/mol. The average Bonchev–Trinajstić information content (AvgIpc) is 2.68. The van der Waals surface area contributed by atoms with Gasteiger partial charge in [0.15, 0.2) is 0 Å². The molecule has 0 aliphatic heterocycles. The molecule has 3 nitrogen and oxygen atoms in total. The molecule has 0 bridgehead atoms. The van der Waals surface area contributed by atoms with Crippen molar-refractivity contribution in [1.82, 2.24) is 0 Å². The number of alkyl halides is 28. The Morgan fingerprint density at radius 3 is 0.636 bits per heavy atom. The van der Waals surface area contributed by atoms with Crippen LogP contribution in [0.5, 0.6) is 0 Å². The molecule has 44 heavy (non-hydrogen) atoms. The van der Waals surface area contributed by atoms with Crippen LogP contribution in [0.2, 0.25) is 0 Å². The normalized spacial score (nSPS) is 16.9. The zero-order valence-corrected chi connectivity index (χ0v) is 19.3. The molecule has 0 heterocycles. The van der Waals surface area contributed by atoms with E-state index in [1.54, 1.807) is 0 Å². The van der Waals surface area contributed by atoms with Crippen LogP contribution in [-0.2, 0) is 13.3 Å². The summed E-state index contributed by atoms with van der Waals surface area (Å²) in [5.41, 5.74) is -9.72. The smallest absolute Gasteiger partial charge is 0.302 e. The summed E-state index contributed by atoms with van der Waals surface area (Å²) >= 11 is 0. The Labute approximate surface area is 218 Å². The third-order valence-electron chi connectivity index (χ3n) is 4.10. The van der Waals surface area contributed by atoms with Gasteiger partial charge in [-0.2, -0.15) is 123 Å². The summed E-state index contributed by atoms with van der Waals surface area (Å²) in [6, 6.07) is 0. The molecule has 0 radical (unpaired) electrons. The van der Waals surface area contributed by atoms with E-state index in [9.17, 15) is 123 Å². The van der Waals surface area contributed by atoms with E-state index in [-0.39, 0.29) is 0 Å². The van der Waals surface area contributed by atoms with Crippen molar-refractivity contribution >= 4 is 8.80 Å². The highest BCUT2D eigenvalue weighted by molar-refractivity contribution is 6.64. The zero-order valence-electron chi connectivity index (χ0n) is 18.3. The van der Waals surface area contributed by atoms with Crippen LogP contribution < -0.4 is 0 Å². The van der Waals surface area contributed by atoms with Crippen molar-refractivity contribution in [2.75, 3.05) is 0 Å². The first-order valence-corrected chi connectivity index (χ1v) is 10.5. The zero-order chi connectivity index (χ0) is 36.6. The van der Waals surface area contributed by atoms with Crippen LogP contribution in [0, 0.1) is 0 Å². The molecular weight excluding hydrogens is 752 g/mol. The van der Waals surface area contributed by atoms with Gasteiger partial charge in [-0.05, 0) is 0 Å². The molecule has 0 aromatic heterocycles. The van der Waals surface area contributed by atoms with Crippen molar-refractivity contribution in [1.29, 1.82) is 0 Å². The van der Waals surface area contributed by atoms with Gasteiger partial charge in [0.2, 0.25) is 0 Å². The standard InChI is InChI=1S/C12F28O3Si/c13-1(14,3(17,18)5(21,22)23)2(15,16)4(19,20)12(39,40)44(41-9(33,34)6(24,25)26,42-10(35,36)7(27,28)29)43-11(37,38)8(30,31)32. The Morgan fingerprint density at radius 2 is 0.455 bits per heavy atom. The van der Waals surface area contributed by atoms with Gasteiger partial charge in [-0.1, -0.05) is 0 Å². The second kappa shape index (κ2) is 10.6. The minimum absolute atomic E-state index is 1.12. The van der Waals surface area contributed by atoms with Gasteiger partial charge in [-0.25, -0.2) is 0 Å². The maximum Gasteiger partial charge on any atom is 0.595 e. The van der Waals surface area contributed by atoms with Crippen LogP contribution in [0.1, 0.15) is 0 Å². The summed E-state index contributed by atoms with van der Waals surface area (Å²) in [5, 5.41) is 0. The first kappa shape index (κ1) is 42.1. The van der Waals surface area contributed by atoms with E-state index in [2.05, 4.69) is 0 Å². The van der Waals surface area contributed by atoms with Crippen molar-refractivity contribution in [2.24, 2.45) is 0 Å². The summed E-state index contributed by atoms with van der Waals surface area (Å²) in [7, 11) is -11.5. The quantitative estimate of drug-likeness (QED) is 0.156. The van der Waals surface area contributed by atoms with Gasteiger partial charge in [-0.3, -0.25) is 0 Å². The van der Waals surface area contributed by atoms with Gasteiger partial charge in [0.25, 0.3) is 0 Å². The molecule has 32 heteroatoms. The third-order valence-corrected chi connectivity index (χ3v) is 6.75. The highest BCUT2D eigenvalue weighted by Gasteiger charge is 2.97. The number of halogens is 28. The predicted molar refractivity (Wildman–Crippen MR) is 72.8 cm³/mol. The number of hydrogen-bond acceptors (Lipinski definition) is 3. The molecular formula is C12F28O3Si. The van der Waals surface area contributed by atoms with Gasteiger partial charge in [0.05, 0.1) is 0 Å². The van der Waals surface area contributed by atoms with Crippen LogP contribution in [0.25, 0.3) is 0 Å². The fourth-order valence-corrected chi connectivity index (χ4v) is 4.31. The van der Waals surface area contributed by atoms with Crippen molar-refractivity contribution in [3.63, 3.8) is 0 Å². The summed E-state index contributed by atoms with van der Waals surface area (Å²) in [6.07, 6.45) is -58.5. The van der Waals surface area contributed by atoms with Crippen LogP contribution >= 0.6 is 0 Å². The fraction of sp³-hybridized carbons (Fsp3) is 1.00. The molecule has 0 aliphatic rings. The molecule has 0 saturated heterocycles. The summed E-state index contributed by atoms with van der Waals surface area (Å²) in [6.45, 7) is 0. The van der Waals surface area contributed by atoms with Gasteiger partial charge in [0, 0.05) is 0 Å². The third kappa shape index (κ3) is 6.52. The lowest BCUT2D eigenvalue weighted by Gasteiger charge is -2.45. The first-order valence-electron chi connectivity index (χ1n) is 8.77. The Balaban J connectivity index is 8.34. The van der Waals surface area contributed by atoms with Gasteiger partial charge in [0.1, 0.15) is 0 Å². The maximum atomic E-state index is 14.5. The van der Waals surface area contributed by atoms with E-state index in [1.165, 1.54) is 0 Å². The van der Waals surface area contributed by atoms with Gasteiger partial charge >= 0.3 is 81.1 Å². The SMILES string of the molecule is FC(F)(F)C(F)(F)O[Si](OC(F)(F)C(F)(F)F)(OC(F)(F)C(F)(F)F)C(F)(F)C(F)(F)C(F)(F)C(F)(F)C(F)(F)C(F)(F)F. The summed E-state index contributed by atoms with van der Waals surface area (Å²) < 4.78 is 368. The molecule has 0 saturated carbocycles. The van der Waals surface area contributed by atoms with Crippen molar-refractivity contribution < 1.29 is 136 Å². The van der Waals surface area contributed by atoms with Crippen molar-refractivity contribution in [2.45, 2.75) is 72.3 Å². The van der Waals surface area contributed by atoms with E-state index >= 15 is 0 Å². The van der Waals surface area contributed by atoms with E-state index < -0.39 is 81.1 Å². The molecule has 0 aromatic carbocycles. The lowest BCUT2D eigenvalue weighted by molar-refractivity contribution is -0.452. The van der Waals surface area contributed by atoms with Crippen LogP contribution in [0.4, 0.5) is 123 Å².